The topological polar surface area (TPSA) is 39.9 Å². The second kappa shape index (κ2) is 5.20. The van der Waals surface area contributed by atoms with Crippen molar-refractivity contribution >= 4 is 15.9 Å². The van der Waals surface area contributed by atoms with Gasteiger partial charge >= 0.3 is 0 Å². The highest BCUT2D eigenvalue weighted by atomic mass is 79.9. The van der Waals surface area contributed by atoms with Crippen LogP contribution in [0.15, 0.2) is 35.1 Å². The SMILES string of the molecule is Brc1cccc(-c2ncn(C3CCCCO3)n2)c1. The summed E-state index contributed by atoms with van der Waals surface area (Å²) in [6, 6.07) is 8.00. The van der Waals surface area contributed by atoms with Gasteiger partial charge in [0.15, 0.2) is 12.1 Å². The lowest BCUT2D eigenvalue weighted by molar-refractivity contribution is -0.0395. The fraction of sp³-hybridized carbons (Fsp3) is 0.385. The Kier molecular flexibility index (Phi) is 3.43. The van der Waals surface area contributed by atoms with Crippen molar-refractivity contribution in [2.75, 3.05) is 6.61 Å². The summed E-state index contributed by atoms with van der Waals surface area (Å²) in [5.41, 5.74) is 1.01. The smallest absolute Gasteiger partial charge is 0.181 e. The van der Waals surface area contributed by atoms with Gasteiger partial charge < -0.3 is 4.74 Å². The van der Waals surface area contributed by atoms with Crippen LogP contribution in [0.3, 0.4) is 0 Å². The first-order chi connectivity index (χ1) is 8.83. The lowest BCUT2D eigenvalue weighted by atomic mass is 10.2. The molecule has 2 heterocycles. The van der Waals surface area contributed by atoms with Crippen molar-refractivity contribution in [2.24, 2.45) is 0 Å². The van der Waals surface area contributed by atoms with Gasteiger partial charge in [0.2, 0.25) is 0 Å². The van der Waals surface area contributed by atoms with E-state index in [1.165, 1.54) is 6.42 Å². The van der Waals surface area contributed by atoms with E-state index in [0.717, 1.165) is 35.3 Å². The monoisotopic (exact) mass is 307 g/mol. The van der Waals surface area contributed by atoms with Gasteiger partial charge in [0.05, 0.1) is 0 Å². The van der Waals surface area contributed by atoms with Crippen LogP contribution in [0.4, 0.5) is 0 Å². The highest BCUT2D eigenvalue weighted by molar-refractivity contribution is 9.10. The van der Waals surface area contributed by atoms with Crippen LogP contribution >= 0.6 is 15.9 Å². The quantitative estimate of drug-likeness (QED) is 0.853. The van der Waals surface area contributed by atoms with Crippen LogP contribution in [0.25, 0.3) is 11.4 Å². The van der Waals surface area contributed by atoms with E-state index >= 15 is 0 Å². The molecule has 1 unspecified atom stereocenters. The number of aromatic nitrogens is 3. The van der Waals surface area contributed by atoms with E-state index in [1.807, 2.05) is 28.9 Å². The van der Waals surface area contributed by atoms with Gasteiger partial charge in [0, 0.05) is 16.6 Å². The summed E-state index contributed by atoms with van der Waals surface area (Å²) in [7, 11) is 0. The highest BCUT2D eigenvalue weighted by Gasteiger charge is 2.17. The fourth-order valence-electron chi connectivity index (χ4n) is 2.11. The largest absolute Gasteiger partial charge is 0.356 e. The standard InChI is InChI=1S/C13H14BrN3O/c14-11-5-3-4-10(8-11)13-15-9-17(16-13)12-6-1-2-7-18-12/h3-5,8-9,12H,1-2,6-7H2. The van der Waals surface area contributed by atoms with Gasteiger partial charge in [0.1, 0.15) is 6.33 Å². The molecular formula is C13H14BrN3O. The van der Waals surface area contributed by atoms with Crippen LogP contribution in [0.2, 0.25) is 0 Å². The maximum atomic E-state index is 5.69. The third-order valence-electron chi connectivity index (χ3n) is 3.04. The highest BCUT2D eigenvalue weighted by Crippen LogP contribution is 2.24. The molecule has 3 rings (SSSR count). The zero-order valence-electron chi connectivity index (χ0n) is 9.92. The van der Waals surface area contributed by atoms with Crippen LogP contribution < -0.4 is 0 Å². The molecule has 0 saturated carbocycles. The third kappa shape index (κ3) is 2.47. The molecule has 1 aliphatic heterocycles. The Labute approximate surface area is 114 Å². The normalized spacial score (nSPS) is 19.9. The van der Waals surface area contributed by atoms with E-state index in [1.54, 1.807) is 6.33 Å². The summed E-state index contributed by atoms with van der Waals surface area (Å²) in [6.45, 7) is 0.816. The Morgan fingerprint density at radius 2 is 2.28 bits per heavy atom. The number of ether oxygens (including phenoxy) is 1. The van der Waals surface area contributed by atoms with Crippen molar-refractivity contribution in [1.82, 2.24) is 14.8 Å². The van der Waals surface area contributed by atoms with Gasteiger partial charge in [0.25, 0.3) is 0 Å². The molecule has 2 aromatic rings. The minimum absolute atomic E-state index is 0.0483. The molecule has 0 spiro atoms. The molecule has 0 amide bonds. The Morgan fingerprint density at radius 1 is 1.33 bits per heavy atom. The Balaban J connectivity index is 1.84. The fourth-order valence-corrected chi connectivity index (χ4v) is 2.51. The lowest BCUT2D eigenvalue weighted by Crippen LogP contribution is -2.18. The van der Waals surface area contributed by atoms with Crippen LogP contribution in [0, 0.1) is 0 Å². The van der Waals surface area contributed by atoms with Crippen molar-refractivity contribution < 1.29 is 4.74 Å². The number of hydrogen-bond donors (Lipinski definition) is 0. The molecule has 1 atom stereocenters. The van der Waals surface area contributed by atoms with Crippen LogP contribution in [0.1, 0.15) is 25.5 Å². The van der Waals surface area contributed by atoms with Crippen molar-refractivity contribution in [1.29, 1.82) is 0 Å². The van der Waals surface area contributed by atoms with Gasteiger partial charge in [-0.25, -0.2) is 9.67 Å². The van der Waals surface area contributed by atoms with Gasteiger partial charge in [-0.2, -0.15) is 0 Å². The number of rotatable bonds is 2. The van der Waals surface area contributed by atoms with E-state index in [-0.39, 0.29) is 6.23 Å². The summed E-state index contributed by atoms with van der Waals surface area (Å²) in [5, 5.41) is 4.50. The van der Waals surface area contributed by atoms with Crippen LogP contribution in [-0.4, -0.2) is 21.4 Å². The number of hydrogen-bond acceptors (Lipinski definition) is 3. The summed E-state index contributed by atoms with van der Waals surface area (Å²) < 4.78 is 8.55. The molecule has 18 heavy (non-hydrogen) atoms. The zero-order valence-corrected chi connectivity index (χ0v) is 11.5. The van der Waals surface area contributed by atoms with Crippen molar-refractivity contribution in [3.8, 4) is 11.4 Å². The van der Waals surface area contributed by atoms with Crippen molar-refractivity contribution in [3.05, 3.63) is 35.1 Å². The second-order valence-corrected chi connectivity index (χ2v) is 5.30. The van der Waals surface area contributed by atoms with Crippen LogP contribution in [0.5, 0.6) is 0 Å². The van der Waals surface area contributed by atoms with E-state index in [4.69, 9.17) is 4.74 Å². The zero-order chi connectivity index (χ0) is 12.4. The maximum Gasteiger partial charge on any atom is 0.181 e. The Bertz CT molecular complexity index is 535. The second-order valence-electron chi connectivity index (χ2n) is 4.38. The summed E-state index contributed by atoms with van der Waals surface area (Å²) >= 11 is 3.46. The van der Waals surface area contributed by atoms with Crippen LogP contribution in [-0.2, 0) is 4.74 Å². The predicted molar refractivity (Wildman–Crippen MR) is 72.0 cm³/mol. The minimum atomic E-state index is 0.0483. The van der Waals surface area contributed by atoms with Gasteiger partial charge in [-0.15, -0.1) is 5.10 Å². The molecule has 1 aromatic carbocycles. The molecule has 5 heteroatoms. The van der Waals surface area contributed by atoms with Gasteiger partial charge in [-0.05, 0) is 31.4 Å². The number of nitrogens with zero attached hydrogens (tertiary/aromatic N) is 3. The summed E-state index contributed by atoms with van der Waals surface area (Å²) in [6.07, 6.45) is 5.15. The average molecular weight is 308 g/mol. The first-order valence-corrected chi connectivity index (χ1v) is 6.91. The maximum absolute atomic E-state index is 5.69. The molecule has 1 saturated heterocycles. The Morgan fingerprint density at radius 3 is 3.06 bits per heavy atom. The molecular weight excluding hydrogens is 294 g/mol. The van der Waals surface area contributed by atoms with E-state index in [9.17, 15) is 0 Å². The van der Waals surface area contributed by atoms with Gasteiger partial charge in [-0.1, -0.05) is 28.1 Å². The first kappa shape index (κ1) is 11.9. The molecule has 0 bridgehead atoms. The van der Waals surface area contributed by atoms with Crippen molar-refractivity contribution in [3.63, 3.8) is 0 Å². The average Bonchev–Trinajstić information content (AvgIpc) is 2.89. The molecule has 4 nitrogen and oxygen atoms in total. The van der Waals surface area contributed by atoms with Gasteiger partial charge in [-0.3, -0.25) is 0 Å². The number of halogens is 1. The Hall–Kier alpha value is -1.20. The first-order valence-electron chi connectivity index (χ1n) is 6.11. The summed E-state index contributed by atoms with van der Waals surface area (Å²) in [5.74, 6) is 0.741. The molecule has 0 aliphatic carbocycles. The van der Waals surface area contributed by atoms with E-state index < -0.39 is 0 Å². The molecule has 1 aliphatic rings. The third-order valence-corrected chi connectivity index (χ3v) is 3.54. The molecule has 94 valence electrons. The predicted octanol–water partition coefficient (Wildman–Crippen LogP) is 3.41. The lowest BCUT2D eigenvalue weighted by Gasteiger charge is -2.21. The molecule has 1 fully saturated rings. The number of benzene rings is 1. The minimum Gasteiger partial charge on any atom is -0.356 e. The van der Waals surface area contributed by atoms with E-state index in [0.29, 0.717) is 0 Å². The summed E-state index contributed by atoms with van der Waals surface area (Å²) in [4.78, 5) is 4.35. The molecule has 0 radical (unpaired) electrons. The molecule has 0 N–H and O–H groups in total. The van der Waals surface area contributed by atoms with E-state index in [2.05, 4.69) is 26.0 Å². The molecule has 1 aromatic heterocycles. The van der Waals surface area contributed by atoms with Crippen molar-refractivity contribution in [2.45, 2.75) is 25.5 Å².